The van der Waals surface area contributed by atoms with Crippen LogP contribution in [0.2, 0.25) is 0 Å². The summed E-state index contributed by atoms with van der Waals surface area (Å²) in [7, 11) is 12.8. The van der Waals surface area contributed by atoms with Crippen molar-refractivity contribution in [2.45, 2.75) is 183 Å². The van der Waals surface area contributed by atoms with Gasteiger partial charge < -0.3 is 37.5 Å². The Morgan fingerprint density at radius 2 is 1.50 bits per heavy atom. The van der Waals surface area contributed by atoms with Gasteiger partial charge in [-0.15, -0.1) is 17.2 Å². The monoisotopic (exact) mass is 982 g/mol. The first-order chi connectivity index (χ1) is 28.7. The first-order valence-corrected chi connectivity index (χ1v) is 34.1. The highest BCUT2D eigenvalue weighted by atomic mass is 32.4. The van der Waals surface area contributed by atoms with E-state index in [1.807, 2.05) is 6.08 Å². The summed E-state index contributed by atoms with van der Waals surface area (Å²) < 4.78 is 54.0. The Kier molecular flexibility index (Phi) is 18.7. The van der Waals surface area contributed by atoms with E-state index in [9.17, 15) is 9.59 Å². The molecule has 7 aliphatic rings. The van der Waals surface area contributed by atoms with Crippen molar-refractivity contribution in [1.82, 2.24) is 0 Å². The molecule has 18 heteroatoms. The normalized spacial score (nSPS) is 44.2. The van der Waals surface area contributed by atoms with Crippen LogP contribution in [-0.2, 0) is 47.1 Å². The zero-order valence-electron chi connectivity index (χ0n) is 35.5. The third kappa shape index (κ3) is 12.4. The molecule has 0 aliphatic carbocycles. The van der Waals surface area contributed by atoms with E-state index < -0.39 is 51.7 Å². The Balaban J connectivity index is 1.15. The summed E-state index contributed by atoms with van der Waals surface area (Å²) in [6, 6.07) is 0. The topological polar surface area (TPSA) is 108 Å². The SMILES string of the molecule is C=C1C2C[C@@H]3O[C@H](C[C@H](C)CCPP)[C@H](C)C3CC(=O)C[C@H]3CC[C@@H]4O[C@@H]5C(OC(CC(=O)/C=C/C6CC(=C)[C@H](CC[C@@H](C[C@H]1C)O2)O6)[C@@H]5OP(P)P)[C@@H](OP(P)P)[C@H]4O3. The maximum atomic E-state index is 14.3. The number of hydrogen-bond acceptors (Lipinski definition) is 10. The lowest BCUT2D eigenvalue weighted by Gasteiger charge is -2.48. The molecule has 24 atom stereocenters. The number of allylic oxidation sites excluding steroid dienone is 1. The molecule has 0 spiro atoms. The highest BCUT2D eigenvalue weighted by molar-refractivity contribution is 8.41. The highest BCUT2D eigenvalue weighted by Gasteiger charge is 2.59. The fourth-order valence-corrected chi connectivity index (χ4v) is 14.8. The Bertz CT molecular complexity index is 1560. The number of carbonyl (C=O) groups is 2. The second-order valence-corrected chi connectivity index (χ2v) is 32.2. The quantitative estimate of drug-likeness (QED) is 0.164. The maximum Gasteiger partial charge on any atom is 0.158 e. The second-order valence-electron chi connectivity index (χ2n) is 18.5. The van der Waals surface area contributed by atoms with E-state index in [0.717, 1.165) is 51.5 Å². The van der Waals surface area contributed by atoms with Crippen LogP contribution >= 0.6 is 68.0 Å². The van der Waals surface area contributed by atoms with Gasteiger partial charge in [-0.25, -0.2) is 0 Å². The van der Waals surface area contributed by atoms with Crippen molar-refractivity contribution >= 4 is 79.5 Å². The molecule has 6 fully saturated rings. The van der Waals surface area contributed by atoms with Crippen molar-refractivity contribution in [2.75, 3.05) is 6.16 Å². The van der Waals surface area contributed by atoms with Gasteiger partial charge in [0, 0.05) is 32.1 Å². The van der Waals surface area contributed by atoms with Crippen LogP contribution in [0.15, 0.2) is 36.5 Å². The molecule has 0 radical (unpaired) electrons. The van der Waals surface area contributed by atoms with Crippen molar-refractivity contribution in [3.05, 3.63) is 36.5 Å². The van der Waals surface area contributed by atoms with E-state index in [1.54, 1.807) is 6.08 Å². The van der Waals surface area contributed by atoms with Gasteiger partial charge in [-0.3, -0.25) is 9.59 Å². The van der Waals surface area contributed by atoms with E-state index >= 15 is 0 Å². The molecule has 8 bridgehead atoms. The van der Waals surface area contributed by atoms with Gasteiger partial charge in [-0.05, 0) is 92.0 Å². The van der Waals surface area contributed by atoms with E-state index in [4.69, 9.17) is 37.5 Å². The summed E-state index contributed by atoms with van der Waals surface area (Å²) in [5.41, 5.74) is 2.17. The Morgan fingerprint density at radius 1 is 0.783 bits per heavy atom. The minimum Gasteiger partial charge on any atom is -0.374 e. The molecule has 0 saturated carbocycles. The maximum absolute atomic E-state index is 14.3. The number of Topliss-reactive ketones (excluding diaryl/α,β-unsaturated/α-hetero) is 1. The van der Waals surface area contributed by atoms with Crippen molar-refractivity contribution in [3.63, 3.8) is 0 Å². The Labute approximate surface area is 374 Å². The van der Waals surface area contributed by atoms with Gasteiger partial charge in [0.25, 0.3) is 0 Å². The number of fused-ring (bicyclic) bond motifs is 7. The minimum absolute atomic E-state index is 0.0583. The zero-order chi connectivity index (χ0) is 42.8. The van der Waals surface area contributed by atoms with Crippen LogP contribution in [-0.4, -0.2) is 103 Å². The number of ketones is 2. The average molecular weight is 983 g/mol. The van der Waals surface area contributed by atoms with Gasteiger partial charge in [0.05, 0.1) is 70.0 Å². The summed E-state index contributed by atoms with van der Waals surface area (Å²) in [4.78, 5) is 27.9. The largest absolute Gasteiger partial charge is 0.374 e. The van der Waals surface area contributed by atoms with Gasteiger partial charge in [-0.1, -0.05) is 75.7 Å². The van der Waals surface area contributed by atoms with Crippen LogP contribution in [0.25, 0.3) is 0 Å². The fraction of sp³-hybridized carbons (Fsp3) is 0.810. The van der Waals surface area contributed by atoms with Crippen LogP contribution in [0, 0.1) is 23.7 Å². The molecule has 11 unspecified atom stereocenters. The number of carbonyl (C=O) groups excluding carboxylic acids is 2. The smallest absolute Gasteiger partial charge is 0.158 e. The summed E-state index contributed by atoms with van der Waals surface area (Å²) in [5, 5.41) is 0. The molecule has 60 heavy (non-hydrogen) atoms. The minimum atomic E-state index is -0.962. The van der Waals surface area contributed by atoms with Crippen molar-refractivity contribution < 1.29 is 47.1 Å². The third-order valence-electron chi connectivity index (χ3n) is 14.1. The third-order valence-corrected chi connectivity index (χ3v) is 18.0. The Morgan fingerprint density at radius 3 is 2.25 bits per heavy atom. The summed E-state index contributed by atoms with van der Waals surface area (Å²) >= 11 is 0. The van der Waals surface area contributed by atoms with E-state index in [-0.39, 0.29) is 78.7 Å². The van der Waals surface area contributed by atoms with Crippen molar-refractivity contribution in [2.24, 2.45) is 23.7 Å². The predicted octanol–water partition coefficient (Wildman–Crippen LogP) is 9.81. The lowest BCUT2D eigenvalue weighted by Crippen LogP contribution is -2.61. The summed E-state index contributed by atoms with van der Waals surface area (Å²) in [6.45, 7) is 15.8. The molecule has 6 saturated heterocycles. The highest BCUT2D eigenvalue weighted by Crippen LogP contribution is 2.60. The van der Waals surface area contributed by atoms with E-state index in [1.165, 1.54) is 12.6 Å². The second kappa shape index (κ2) is 22.7. The molecule has 7 heterocycles. The molecule has 0 aromatic heterocycles. The molecule has 7 aliphatic heterocycles. The van der Waals surface area contributed by atoms with E-state index in [2.05, 4.69) is 78.6 Å². The number of ether oxygens (including phenoxy) is 6. The molecular weight excluding hydrogens is 912 g/mol. The molecule has 0 aromatic carbocycles. The first kappa shape index (κ1) is 49.6. The van der Waals surface area contributed by atoms with Gasteiger partial charge in [0.15, 0.2) is 5.78 Å². The number of hydrogen-bond donors (Lipinski definition) is 0. The molecule has 10 nitrogen and oxygen atoms in total. The van der Waals surface area contributed by atoms with Crippen LogP contribution in [0.5, 0.6) is 0 Å². The molecule has 7 rings (SSSR count). The van der Waals surface area contributed by atoms with Gasteiger partial charge in [0.1, 0.15) is 36.3 Å². The standard InChI is InChI=1S/C42H70O10P8/c1-21(12-13-58-53)14-34-25(5)31-18-27(44)17-30-9-11-33-38(47-30)42(52-60(56)57)41-40(49-33)39(51-59(54)55)37(50-41)19-26(43)6-7-28-16-23(3)32(45-28)10-8-29-15-22(2)24(4)35(46-29)20-36(31)48-34/h6-7,21-22,25,28-42,58H,3-4,8-20,53-57H2,1-2,5H3/b7-6+/t21-,22-,25-,28?,29+,30-,31?,32+,33+,34-,35?,36+,37?,38+,39+,40+,41?,42+/m1/s1. The zero-order valence-corrected chi connectivity index (χ0v) is 44.1. The Hall–Kier alpha value is 1.68. The van der Waals surface area contributed by atoms with Gasteiger partial charge in [-0.2, -0.15) is 0 Å². The molecule has 0 aromatic rings. The fourth-order valence-electron chi connectivity index (χ4n) is 10.9. The summed E-state index contributed by atoms with van der Waals surface area (Å²) in [5.74, 6) is 1.31. The lowest BCUT2D eigenvalue weighted by atomic mass is 9.78. The van der Waals surface area contributed by atoms with Crippen LogP contribution in [0.3, 0.4) is 0 Å². The molecule has 0 N–H and O–H groups in total. The predicted molar refractivity (Wildman–Crippen MR) is 261 cm³/mol. The molecule has 338 valence electrons. The van der Waals surface area contributed by atoms with Crippen LogP contribution in [0.1, 0.15) is 97.8 Å². The average Bonchev–Trinajstić information content (AvgIpc) is 3.81. The van der Waals surface area contributed by atoms with Crippen LogP contribution < -0.4 is 0 Å². The molecular formula is C42H70O10P8. The lowest BCUT2D eigenvalue weighted by molar-refractivity contribution is -0.251. The van der Waals surface area contributed by atoms with Gasteiger partial charge in [0.2, 0.25) is 0 Å². The first-order valence-electron chi connectivity index (χ1n) is 22.0. The summed E-state index contributed by atoms with van der Waals surface area (Å²) in [6.07, 6.45) is 9.39. The van der Waals surface area contributed by atoms with E-state index in [0.29, 0.717) is 43.9 Å². The van der Waals surface area contributed by atoms with Gasteiger partial charge >= 0.3 is 0 Å². The van der Waals surface area contributed by atoms with Crippen molar-refractivity contribution in [3.8, 4) is 0 Å². The molecule has 0 amide bonds. The van der Waals surface area contributed by atoms with Crippen molar-refractivity contribution in [1.29, 1.82) is 0 Å². The van der Waals surface area contributed by atoms with Crippen LogP contribution in [0.4, 0.5) is 0 Å². The number of rotatable bonds is 9.